The van der Waals surface area contributed by atoms with E-state index in [1.165, 1.54) is 0 Å². The Kier molecular flexibility index (Phi) is 5.95. The lowest BCUT2D eigenvalue weighted by atomic mass is 10.0. The number of anilines is 1. The number of hydrogen-bond acceptors (Lipinski definition) is 3. The third-order valence-corrected chi connectivity index (χ3v) is 6.42. The molecule has 1 aliphatic heterocycles. The van der Waals surface area contributed by atoms with Crippen LogP contribution >= 0.6 is 0 Å². The largest absolute Gasteiger partial charge is 0.493 e. The zero-order chi connectivity index (χ0) is 24.5. The van der Waals surface area contributed by atoms with Gasteiger partial charge < -0.3 is 24.3 Å². The van der Waals surface area contributed by atoms with E-state index in [-0.39, 0.29) is 12.1 Å². The van der Waals surface area contributed by atoms with E-state index >= 15 is 0 Å². The van der Waals surface area contributed by atoms with E-state index in [9.17, 15) is 4.79 Å². The third kappa shape index (κ3) is 4.23. The Labute approximate surface area is 205 Å². The highest BCUT2D eigenvalue weighted by Crippen LogP contribution is 2.39. The zero-order valence-corrected chi connectivity index (χ0v) is 20.4. The molecule has 1 aliphatic rings. The van der Waals surface area contributed by atoms with Gasteiger partial charge in [-0.05, 0) is 78.6 Å². The molecule has 0 radical (unpaired) electrons. The number of amides is 2. The van der Waals surface area contributed by atoms with Gasteiger partial charge in [-0.2, -0.15) is 0 Å². The van der Waals surface area contributed by atoms with E-state index in [1.54, 1.807) is 14.2 Å². The molecule has 1 aromatic heterocycles. The minimum Gasteiger partial charge on any atom is -0.493 e. The summed E-state index contributed by atoms with van der Waals surface area (Å²) < 4.78 is 13.2. The number of urea groups is 1. The van der Waals surface area contributed by atoms with Gasteiger partial charge in [-0.15, -0.1) is 0 Å². The number of aryl methyl sites for hydroxylation is 2. The molecule has 1 N–H and O–H groups in total. The predicted octanol–water partition coefficient (Wildman–Crippen LogP) is 6.25. The Hall–Kier alpha value is -4.19. The van der Waals surface area contributed by atoms with Crippen molar-refractivity contribution in [1.29, 1.82) is 0 Å². The summed E-state index contributed by atoms with van der Waals surface area (Å²) in [5.74, 6) is 1.27. The summed E-state index contributed by atoms with van der Waals surface area (Å²) in [6.45, 7) is 4.52. The predicted molar refractivity (Wildman–Crippen MR) is 138 cm³/mol. The number of carbonyl (C=O) groups is 1. The van der Waals surface area contributed by atoms with Crippen molar-refractivity contribution in [3.8, 4) is 17.2 Å². The fourth-order valence-corrected chi connectivity index (χ4v) is 4.96. The standard InChI is InChI=1S/C29H29N3O3/c1-19-14-20(2)16-23(15-19)30-29(33)32-18-22-8-5-6-9-24(22)31-13-7-10-25(31)28(32)21-11-12-26(34-3)27(17-21)35-4/h5-17,28H,18H2,1-4H3,(H,30,33)/t28-/m0/s1. The maximum absolute atomic E-state index is 13.9. The number of hydrogen-bond donors (Lipinski definition) is 1. The topological polar surface area (TPSA) is 55.7 Å². The van der Waals surface area contributed by atoms with Gasteiger partial charge in [0.1, 0.15) is 0 Å². The smallest absolute Gasteiger partial charge is 0.322 e. The summed E-state index contributed by atoms with van der Waals surface area (Å²) in [4.78, 5) is 15.8. The quantitative estimate of drug-likeness (QED) is 0.386. The van der Waals surface area contributed by atoms with Crippen LogP contribution in [-0.4, -0.2) is 29.7 Å². The van der Waals surface area contributed by atoms with Crippen molar-refractivity contribution in [2.24, 2.45) is 0 Å². The monoisotopic (exact) mass is 467 g/mol. The number of nitrogens with one attached hydrogen (secondary N) is 1. The van der Waals surface area contributed by atoms with Crippen LogP contribution in [0.5, 0.6) is 11.5 Å². The van der Waals surface area contributed by atoms with Crippen molar-refractivity contribution in [1.82, 2.24) is 9.47 Å². The average molecular weight is 468 g/mol. The summed E-state index contributed by atoms with van der Waals surface area (Å²) >= 11 is 0. The van der Waals surface area contributed by atoms with Crippen molar-refractivity contribution >= 4 is 11.7 Å². The number of methoxy groups -OCH3 is 2. The molecule has 0 aliphatic carbocycles. The fourth-order valence-electron chi connectivity index (χ4n) is 4.96. The van der Waals surface area contributed by atoms with Gasteiger partial charge in [0, 0.05) is 17.6 Å². The Morgan fingerprint density at radius 3 is 2.37 bits per heavy atom. The molecule has 178 valence electrons. The van der Waals surface area contributed by atoms with Crippen LogP contribution in [0.3, 0.4) is 0 Å². The van der Waals surface area contributed by atoms with Crippen LogP contribution in [-0.2, 0) is 6.54 Å². The van der Waals surface area contributed by atoms with Crippen LogP contribution in [0.2, 0.25) is 0 Å². The molecule has 2 heterocycles. The third-order valence-electron chi connectivity index (χ3n) is 6.42. The van der Waals surface area contributed by atoms with E-state index in [0.29, 0.717) is 18.0 Å². The van der Waals surface area contributed by atoms with E-state index in [2.05, 4.69) is 34.1 Å². The molecule has 0 saturated heterocycles. The molecule has 0 fully saturated rings. The van der Waals surface area contributed by atoms with Gasteiger partial charge in [0.05, 0.1) is 32.5 Å². The van der Waals surface area contributed by atoms with Gasteiger partial charge in [-0.25, -0.2) is 4.79 Å². The van der Waals surface area contributed by atoms with Crippen molar-refractivity contribution in [3.05, 3.63) is 107 Å². The minimum absolute atomic E-state index is 0.167. The molecule has 3 aromatic carbocycles. The maximum atomic E-state index is 13.9. The minimum atomic E-state index is -0.344. The number of benzene rings is 3. The molecule has 0 spiro atoms. The maximum Gasteiger partial charge on any atom is 0.322 e. The van der Waals surface area contributed by atoms with Gasteiger partial charge in [0.15, 0.2) is 11.5 Å². The van der Waals surface area contributed by atoms with Crippen LogP contribution in [0, 0.1) is 13.8 Å². The van der Waals surface area contributed by atoms with E-state index in [0.717, 1.165) is 39.3 Å². The fraction of sp³-hybridized carbons (Fsp3) is 0.207. The second-order valence-corrected chi connectivity index (χ2v) is 8.88. The number of fused-ring (bicyclic) bond motifs is 3. The number of rotatable bonds is 4. The van der Waals surface area contributed by atoms with E-state index < -0.39 is 0 Å². The highest BCUT2D eigenvalue weighted by Gasteiger charge is 2.33. The number of para-hydroxylation sites is 1. The summed E-state index contributed by atoms with van der Waals surface area (Å²) in [7, 11) is 3.24. The number of ether oxygens (including phenoxy) is 2. The lowest BCUT2D eigenvalue weighted by Crippen LogP contribution is -2.38. The second-order valence-electron chi connectivity index (χ2n) is 8.88. The first-order valence-corrected chi connectivity index (χ1v) is 11.6. The summed E-state index contributed by atoms with van der Waals surface area (Å²) in [5.41, 5.74) is 7.07. The highest BCUT2D eigenvalue weighted by atomic mass is 16.5. The van der Waals surface area contributed by atoms with Gasteiger partial charge in [-0.1, -0.05) is 30.3 Å². The second kappa shape index (κ2) is 9.22. The summed E-state index contributed by atoms with van der Waals surface area (Å²) in [6, 6.07) is 23.7. The molecule has 6 heteroatoms. The molecule has 4 aromatic rings. The van der Waals surface area contributed by atoms with Crippen LogP contribution in [0.25, 0.3) is 5.69 Å². The summed E-state index contributed by atoms with van der Waals surface area (Å²) in [6.07, 6.45) is 2.05. The lowest BCUT2D eigenvalue weighted by molar-refractivity contribution is 0.194. The lowest BCUT2D eigenvalue weighted by Gasteiger charge is -2.31. The molecule has 0 bridgehead atoms. The zero-order valence-electron chi connectivity index (χ0n) is 20.4. The molecule has 35 heavy (non-hydrogen) atoms. The molecule has 0 saturated carbocycles. The molecular weight excluding hydrogens is 438 g/mol. The van der Waals surface area contributed by atoms with Crippen LogP contribution in [0.4, 0.5) is 10.5 Å². The van der Waals surface area contributed by atoms with Crippen LogP contribution in [0.1, 0.15) is 34.0 Å². The first kappa shape index (κ1) is 22.6. The van der Waals surface area contributed by atoms with Crippen molar-refractivity contribution in [2.45, 2.75) is 26.4 Å². The van der Waals surface area contributed by atoms with Crippen LogP contribution in [0.15, 0.2) is 79.0 Å². The Bertz CT molecular complexity index is 1370. The number of aromatic nitrogens is 1. The molecule has 5 rings (SSSR count). The first-order valence-electron chi connectivity index (χ1n) is 11.6. The van der Waals surface area contributed by atoms with Crippen LogP contribution < -0.4 is 14.8 Å². The average Bonchev–Trinajstić information content (AvgIpc) is 3.27. The van der Waals surface area contributed by atoms with Crippen molar-refractivity contribution in [2.75, 3.05) is 19.5 Å². The number of nitrogens with zero attached hydrogens (tertiary/aromatic N) is 2. The molecule has 2 amide bonds. The Morgan fingerprint density at radius 1 is 0.886 bits per heavy atom. The molecule has 1 atom stereocenters. The van der Waals surface area contributed by atoms with Gasteiger partial charge in [0.25, 0.3) is 0 Å². The van der Waals surface area contributed by atoms with Crippen molar-refractivity contribution in [3.63, 3.8) is 0 Å². The van der Waals surface area contributed by atoms with Gasteiger partial charge in [-0.3, -0.25) is 0 Å². The number of carbonyl (C=O) groups excluding carboxylic acids is 1. The SMILES string of the molecule is COc1ccc([C@H]2c3cccn3-c3ccccc3CN2C(=O)Nc2cc(C)cc(C)c2)cc1OC. The Balaban J connectivity index is 1.64. The van der Waals surface area contributed by atoms with Crippen molar-refractivity contribution < 1.29 is 14.3 Å². The normalized spacial score (nSPS) is 14.5. The van der Waals surface area contributed by atoms with Gasteiger partial charge in [0.2, 0.25) is 0 Å². The molecule has 6 nitrogen and oxygen atoms in total. The van der Waals surface area contributed by atoms with E-state index in [4.69, 9.17) is 9.47 Å². The first-order chi connectivity index (χ1) is 17.0. The molecular formula is C29H29N3O3. The Morgan fingerprint density at radius 2 is 1.63 bits per heavy atom. The van der Waals surface area contributed by atoms with E-state index in [1.807, 2.05) is 73.5 Å². The van der Waals surface area contributed by atoms with Gasteiger partial charge >= 0.3 is 6.03 Å². The highest BCUT2D eigenvalue weighted by molar-refractivity contribution is 5.90. The molecule has 0 unspecified atom stereocenters. The summed E-state index contributed by atoms with van der Waals surface area (Å²) in [5, 5.41) is 3.15.